The molecule has 0 bridgehead atoms. The maximum absolute atomic E-state index is 9.91. The van der Waals surface area contributed by atoms with Crippen LogP contribution in [0.3, 0.4) is 0 Å². The van der Waals surface area contributed by atoms with E-state index in [4.69, 9.17) is 0 Å². The molecule has 1 aromatic heterocycles. The molecule has 1 heterocycles. The number of nitrogens with zero attached hydrogens (tertiary/aromatic N) is 1. The fraction of sp³-hybridized carbons (Fsp3) is 0.524. The van der Waals surface area contributed by atoms with Gasteiger partial charge in [-0.05, 0) is 51.0 Å². The summed E-state index contributed by atoms with van der Waals surface area (Å²) in [5.41, 5.74) is 0.898. The first-order valence-corrected chi connectivity index (χ1v) is 8.79. The van der Waals surface area contributed by atoms with Crippen molar-refractivity contribution in [3.8, 4) is 0 Å². The zero-order valence-electron chi connectivity index (χ0n) is 15.0. The SMILES string of the molecule is C/C=c1\c(=C/C2C(C)CC2C)c2ccccc2n1C(C)(C)CO. The minimum atomic E-state index is -0.315. The van der Waals surface area contributed by atoms with Crippen LogP contribution in [0.4, 0.5) is 0 Å². The fourth-order valence-corrected chi connectivity index (χ4v) is 4.25. The second-order valence-electron chi connectivity index (χ2n) is 7.84. The summed E-state index contributed by atoms with van der Waals surface area (Å²) in [7, 11) is 0. The Morgan fingerprint density at radius 2 is 1.87 bits per heavy atom. The van der Waals surface area contributed by atoms with Crippen LogP contribution in [0.15, 0.2) is 24.3 Å². The van der Waals surface area contributed by atoms with Gasteiger partial charge in [-0.25, -0.2) is 0 Å². The van der Waals surface area contributed by atoms with Gasteiger partial charge < -0.3 is 9.67 Å². The molecule has 2 atom stereocenters. The molecule has 0 amide bonds. The average molecular weight is 311 g/mol. The first-order valence-electron chi connectivity index (χ1n) is 8.79. The number of hydrogen-bond acceptors (Lipinski definition) is 1. The summed E-state index contributed by atoms with van der Waals surface area (Å²) in [4.78, 5) is 0. The Morgan fingerprint density at radius 3 is 2.43 bits per heavy atom. The maximum atomic E-state index is 9.91. The third kappa shape index (κ3) is 2.53. The molecule has 2 heteroatoms. The molecule has 1 N–H and O–H groups in total. The van der Waals surface area contributed by atoms with Crippen LogP contribution in [0.25, 0.3) is 23.1 Å². The van der Waals surface area contributed by atoms with Crippen LogP contribution in [0, 0.1) is 17.8 Å². The first kappa shape index (κ1) is 16.3. The molecule has 23 heavy (non-hydrogen) atoms. The molecule has 3 rings (SSSR count). The number of rotatable bonds is 3. The van der Waals surface area contributed by atoms with Crippen LogP contribution < -0.4 is 10.6 Å². The van der Waals surface area contributed by atoms with Crippen molar-refractivity contribution < 1.29 is 5.11 Å². The maximum Gasteiger partial charge on any atom is 0.0662 e. The summed E-state index contributed by atoms with van der Waals surface area (Å²) in [6, 6.07) is 8.59. The van der Waals surface area contributed by atoms with Crippen molar-refractivity contribution in [2.24, 2.45) is 17.8 Å². The number of aromatic nitrogens is 1. The minimum absolute atomic E-state index is 0.127. The molecular weight excluding hydrogens is 282 g/mol. The van der Waals surface area contributed by atoms with Crippen LogP contribution >= 0.6 is 0 Å². The summed E-state index contributed by atoms with van der Waals surface area (Å²) >= 11 is 0. The molecule has 0 radical (unpaired) electrons. The van der Waals surface area contributed by atoms with E-state index in [1.807, 2.05) is 0 Å². The van der Waals surface area contributed by atoms with E-state index in [-0.39, 0.29) is 12.1 Å². The van der Waals surface area contributed by atoms with E-state index >= 15 is 0 Å². The molecule has 2 aromatic rings. The molecule has 1 aromatic carbocycles. The molecule has 1 saturated carbocycles. The Bertz CT molecular complexity index is 819. The van der Waals surface area contributed by atoms with Crippen molar-refractivity contribution in [1.29, 1.82) is 0 Å². The van der Waals surface area contributed by atoms with E-state index < -0.39 is 0 Å². The van der Waals surface area contributed by atoms with Crippen molar-refractivity contribution in [2.75, 3.05) is 6.61 Å². The quantitative estimate of drug-likeness (QED) is 0.925. The second kappa shape index (κ2) is 5.83. The van der Waals surface area contributed by atoms with Crippen molar-refractivity contribution in [3.63, 3.8) is 0 Å². The molecule has 0 aliphatic heterocycles. The van der Waals surface area contributed by atoms with E-state index in [1.165, 1.54) is 27.9 Å². The van der Waals surface area contributed by atoms with Gasteiger partial charge in [0.1, 0.15) is 0 Å². The predicted molar refractivity (Wildman–Crippen MR) is 98.6 cm³/mol. The number of aliphatic hydroxyl groups is 1. The van der Waals surface area contributed by atoms with Crippen LogP contribution in [0.5, 0.6) is 0 Å². The third-order valence-electron chi connectivity index (χ3n) is 5.63. The lowest BCUT2D eigenvalue weighted by molar-refractivity contribution is 0.162. The van der Waals surface area contributed by atoms with Crippen LogP contribution in [0.1, 0.15) is 41.0 Å². The first-order chi connectivity index (χ1) is 10.9. The van der Waals surface area contributed by atoms with E-state index in [2.05, 4.69) is 75.6 Å². The van der Waals surface area contributed by atoms with Gasteiger partial charge in [-0.1, -0.05) is 44.2 Å². The van der Waals surface area contributed by atoms with Crippen molar-refractivity contribution in [2.45, 2.75) is 46.6 Å². The van der Waals surface area contributed by atoms with E-state index in [0.717, 1.165) is 11.8 Å². The second-order valence-corrected chi connectivity index (χ2v) is 7.84. The van der Waals surface area contributed by atoms with Crippen LogP contribution in [0.2, 0.25) is 0 Å². The average Bonchev–Trinajstić information content (AvgIpc) is 2.87. The van der Waals surface area contributed by atoms with Crippen molar-refractivity contribution in [3.05, 3.63) is 34.8 Å². The Kier molecular flexibility index (Phi) is 4.14. The number of fused-ring (bicyclic) bond motifs is 1. The Labute approximate surface area is 139 Å². The highest BCUT2D eigenvalue weighted by atomic mass is 16.3. The molecule has 0 spiro atoms. The minimum Gasteiger partial charge on any atom is -0.394 e. The van der Waals surface area contributed by atoms with Gasteiger partial charge in [0.25, 0.3) is 0 Å². The molecule has 124 valence electrons. The van der Waals surface area contributed by atoms with E-state index in [1.54, 1.807) is 0 Å². The lowest BCUT2D eigenvalue weighted by Gasteiger charge is -2.39. The molecule has 1 aliphatic carbocycles. The number of hydrogen-bond donors (Lipinski definition) is 1. The monoisotopic (exact) mass is 311 g/mol. The smallest absolute Gasteiger partial charge is 0.0662 e. The Hall–Kier alpha value is -1.54. The molecule has 2 nitrogen and oxygen atoms in total. The van der Waals surface area contributed by atoms with Crippen molar-refractivity contribution >= 4 is 23.1 Å². The van der Waals surface area contributed by atoms with Gasteiger partial charge in [-0.15, -0.1) is 0 Å². The lowest BCUT2D eigenvalue weighted by Crippen LogP contribution is -2.42. The summed E-state index contributed by atoms with van der Waals surface area (Å²) in [5, 5.41) is 13.8. The highest BCUT2D eigenvalue weighted by molar-refractivity contribution is 5.82. The summed E-state index contributed by atoms with van der Waals surface area (Å²) in [6.07, 6.45) is 6.00. The van der Waals surface area contributed by atoms with Gasteiger partial charge in [0, 0.05) is 21.5 Å². The van der Waals surface area contributed by atoms with E-state index in [9.17, 15) is 5.11 Å². The van der Waals surface area contributed by atoms with Crippen LogP contribution in [-0.2, 0) is 5.54 Å². The van der Waals surface area contributed by atoms with E-state index in [0.29, 0.717) is 5.92 Å². The Morgan fingerprint density at radius 1 is 1.22 bits per heavy atom. The molecule has 2 unspecified atom stereocenters. The zero-order chi connectivity index (χ0) is 16.8. The van der Waals surface area contributed by atoms with Gasteiger partial charge in [0.2, 0.25) is 0 Å². The third-order valence-corrected chi connectivity index (χ3v) is 5.63. The van der Waals surface area contributed by atoms with Gasteiger partial charge in [-0.3, -0.25) is 0 Å². The molecule has 1 fully saturated rings. The highest BCUT2D eigenvalue weighted by Gasteiger charge is 2.33. The number of para-hydroxylation sites is 1. The number of aliphatic hydroxyl groups excluding tert-OH is 1. The van der Waals surface area contributed by atoms with Gasteiger partial charge in [0.15, 0.2) is 0 Å². The standard InChI is InChI=1S/C21H29NO/c1-6-19-18(12-17-14(2)11-15(17)3)16-9-7-8-10-20(16)22(19)21(4,5)13-23/h6-10,12,14-15,17,23H,11,13H2,1-5H3/b18-12-,19-6+. The normalized spacial score (nSPS) is 26.8. The highest BCUT2D eigenvalue weighted by Crippen LogP contribution is 2.40. The van der Waals surface area contributed by atoms with Crippen LogP contribution in [-0.4, -0.2) is 16.3 Å². The molecular formula is C21H29NO. The lowest BCUT2D eigenvalue weighted by atomic mass is 9.66. The fourth-order valence-electron chi connectivity index (χ4n) is 4.25. The topological polar surface area (TPSA) is 25.2 Å². The zero-order valence-corrected chi connectivity index (χ0v) is 15.0. The van der Waals surface area contributed by atoms with Gasteiger partial charge >= 0.3 is 0 Å². The summed E-state index contributed by atoms with van der Waals surface area (Å²) < 4.78 is 2.31. The summed E-state index contributed by atoms with van der Waals surface area (Å²) in [5.74, 6) is 2.19. The van der Waals surface area contributed by atoms with Gasteiger partial charge in [-0.2, -0.15) is 0 Å². The van der Waals surface area contributed by atoms with Crippen molar-refractivity contribution in [1.82, 2.24) is 4.57 Å². The van der Waals surface area contributed by atoms with Gasteiger partial charge in [0.05, 0.1) is 12.1 Å². The molecule has 1 aliphatic rings. The largest absolute Gasteiger partial charge is 0.394 e. The number of benzene rings is 1. The Balaban J connectivity index is 2.37. The summed E-state index contributed by atoms with van der Waals surface area (Å²) in [6.45, 7) is 11.1. The molecule has 0 saturated heterocycles. The predicted octanol–water partition coefficient (Wildman–Crippen LogP) is 3.24.